The van der Waals surface area contributed by atoms with Gasteiger partial charge in [0.2, 0.25) is 5.88 Å². The van der Waals surface area contributed by atoms with Crippen LogP contribution in [0.15, 0.2) is 58.2 Å². The molecule has 1 aromatic heterocycles. The number of ether oxygens (including phenoxy) is 1. The van der Waals surface area contributed by atoms with E-state index in [9.17, 15) is 13.5 Å². The van der Waals surface area contributed by atoms with Crippen LogP contribution >= 0.6 is 0 Å². The topological polar surface area (TPSA) is 104 Å². The average molecular weight is 345 g/mol. The fourth-order valence-corrected chi connectivity index (χ4v) is 3.17. The van der Waals surface area contributed by atoms with Gasteiger partial charge in [0, 0.05) is 5.39 Å². The van der Waals surface area contributed by atoms with Crippen molar-refractivity contribution in [2.75, 3.05) is 7.11 Å². The number of aromatic nitrogens is 1. The smallest absolute Gasteiger partial charge is 0.274 e. The molecule has 0 saturated carbocycles. The van der Waals surface area contributed by atoms with E-state index in [0.717, 1.165) is 0 Å². The summed E-state index contributed by atoms with van der Waals surface area (Å²) in [4.78, 5) is 2.72. The molecule has 0 spiro atoms. The largest absolute Gasteiger partial charge is 0.497 e. The molecule has 0 saturated heterocycles. The molecule has 1 heterocycles. The summed E-state index contributed by atoms with van der Waals surface area (Å²) in [6, 6.07) is 13.7. The van der Waals surface area contributed by atoms with Gasteiger partial charge in [0.25, 0.3) is 10.0 Å². The minimum Gasteiger partial charge on any atom is -0.497 e. The van der Waals surface area contributed by atoms with E-state index in [1.54, 1.807) is 48.5 Å². The average Bonchev–Trinajstić information content (AvgIpc) is 2.88. The summed E-state index contributed by atoms with van der Waals surface area (Å²) in [5.74, 6) is 0.0473. The normalized spacial score (nSPS) is 12.0. The number of H-pyrrole nitrogens is 1. The molecule has 0 radical (unpaired) electrons. The molecule has 2 N–H and O–H groups in total. The van der Waals surface area contributed by atoms with Crippen molar-refractivity contribution in [1.82, 2.24) is 4.98 Å². The zero-order valence-corrected chi connectivity index (χ0v) is 13.6. The third-order valence-corrected chi connectivity index (χ3v) is 4.44. The van der Waals surface area contributed by atoms with Crippen LogP contribution in [-0.4, -0.2) is 25.6 Å². The third kappa shape index (κ3) is 3.38. The molecule has 124 valence electrons. The van der Waals surface area contributed by atoms with Gasteiger partial charge < -0.3 is 14.8 Å². The van der Waals surface area contributed by atoms with E-state index in [2.05, 4.69) is 14.6 Å². The molecule has 0 unspecified atom stereocenters. The lowest BCUT2D eigenvalue weighted by atomic mass is 10.2. The maximum atomic E-state index is 12.1. The Morgan fingerprint density at radius 1 is 1.17 bits per heavy atom. The predicted molar refractivity (Wildman–Crippen MR) is 90.1 cm³/mol. The fourth-order valence-electron chi connectivity index (χ4n) is 2.29. The van der Waals surface area contributed by atoms with Crippen LogP contribution in [-0.2, 0) is 15.8 Å². The summed E-state index contributed by atoms with van der Waals surface area (Å²) < 4.78 is 32.7. The molecule has 3 rings (SSSR count). The molecule has 7 nitrogen and oxygen atoms in total. The van der Waals surface area contributed by atoms with E-state index in [4.69, 9.17) is 4.74 Å². The van der Waals surface area contributed by atoms with Crippen LogP contribution < -0.4 is 4.74 Å². The van der Waals surface area contributed by atoms with Crippen molar-refractivity contribution in [3.8, 4) is 11.6 Å². The number of rotatable bonds is 5. The van der Waals surface area contributed by atoms with Gasteiger partial charge >= 0.3 is 0 Å². The quantitative estimate of drug-likeness (QED) is 0.691. The molecule has 0 atom stereocenters. The summed E-state index contributed by atoms with van der Waals surface area (Å²) in [7, 11) is -2.30. The molecule has 0 fully saturated rings. The van der Waals surface area contributed by atoms with E-state index < -0.39 is 10.0 Å². The molecule has 0 aliphatic heterocycles. The van der Waals surface area contributed by atoms with Crippen molar-refractivity contribution in [2.24, 2.45) is 9.63 Å². The second-order valence-electron chi connectivity index (χ2n) is 5.13. The highest BCUT2D eigenvalue weighted by Gasteiger charge is 2.14. The van der Waals surface area contributed by atoms with Gasteiger partial charge in [0.1, 0.15) is 5.75 Å². The Labute approximate surface area is 138 Å². The van der Waals surface area contributed by atoms with Crippen LogP contribution in [0.3, 0.4) is 0 Å². The Morgan fingerprint density at radius 2 is 1.92 bits per heavy atom. The molecule has 24 heavy (non-hydrogen) atoms. The van der Waals surface area contributed by atoms with E-state index >= 15 is 0 Å². The van der Waals surface area contributed by atoms with Crippen LogP contribution in [0.2, 0.25) is 0 Å². The van der Waals surface area contributed by atoms with E-state index in [1.165, 1.54) is 7.11 Å². The number of benzene rings is 2. The van der Waals surface area contributed by atoms with Gasteiger partial charge in [-0.25, -0.2) is 8.42 Å². The maximum absolute atomic E-state index is 12.1. The lowest BCUT2D eigenvalue weighted by Crippen LogP contribution is -1.99. The first-order valence-electron chi connectivity index (χ1n) is 7.07. The zero-order chi connectivity index (χ0) is 17.2. The van der Waals surface area contributed by atoms with Crippen molar-refractivity contribution >= 4 is 26.6 Å². The van der Waals surface area contributed by atoms with Crippen molar-refractivity contribution in [3.05, 3.63) is 54.1 Å². The maximum Gasteiger partial charge on any atom is 0.274 e. The van der Waals surface area contributed by atoms with Crippen molar-refractivity contribution in [3.63, 3.8) is 0 Å². The van der Waals surface area contributed by atoms with Gasteiger partial charge in [0.05, 0.1) is 18.4 Å². The highest BCUT2D eigenvalue weighted by Crippen LogP contribution is 2.37. The monoisotopic (exact) mass is 345 g/mol. The second kappa shape index (κ2) is 6.32. The Balaban J connectivity index is 1.93. The Bertz CT molecular complexity index is 995. The SMILES string of the molecule is COc1ccc2[nH]c(O)c(N=NS(=O)(=O)Cc3ccccc3)c2c1. The highest BCUT2D eigenvalue weighted by atomic mass is 32.2. The summed E-state index contributed by atoms with van der Waals surface area (Å²) >= 11 is 0. The minimum absolute atomic E-state index is 0.0561. The number of nitrogens with one attached hydrogen (secondary N) is 1. The van der Waals surface area contributed by atoms with Gasteiger partial charge in [-0.1, -0.05) is 34.9 Å². The second-order valence-corrected chi connectivity index (χ2v) is 6.74. The Morgan fingerprint density at radius 3 is 2.62 bits per heavy atom. The molecular weight excluding hydrogens is 330 g/mol. The van der Waals surface area contributed by atoms with E-state index in [0.29, 0.717) is 22.2 Å². The summed E-state index contributed by atoms with van der Waals surface area (Å²) in [5.41, 5.74) is 1.27. The van der Waals surface area contributed by atoms with E-state index in [1.807, 2.05) is 0 Å². The summed E-state index contributed by atoms with van der Waals surface area (Å²) in [6.45, 7) is 0. The molecule has 2 aromatic carbocycles. The first-order chi connectivity index (χ1) is 11.5. The third-order valence-electron chi connectivity index (χ3n) is 3.42. The Kier molecular flexibility index (Phi) is 4.22. The fraction of sp³-hybridized carbons (Fsp3) is 0.125. The van der Waals surface area contributed by atoms with Gasteiger partial charge in [0.15, 0.2) is 5.69 Å². The van der Waals surface area contributed by atoms with Gasteiger partial charge in [-0.05, 0) is 23.8 Å². The number of fused-ring (bicyclic) bond motifs is 1. The Hall–Kier alpha value is -2.87. The molecule has 3 aromatic rings. The zero-order valence-electron chi connectivity index (χ0n) is 12.8. The van der Waals surface area contributed by atoms with Crippen LogP contribution in [0, 0.1) is 0 Å². The number of aromatic hydroxyl groups is 1. The van der Waals surface area contributed by atoms with Crippen molar-refractivity contribution in [2.45, 2.75) is 5.75 Å². The number of hydrogen-bond acceptors (Lipinski definition) is 5. The van der Waals surface area contributed by atoms with Gasteiger partial charge in [-0.15, -0.1) is 5.11 Å². The number of hydrogen-bond donors (Lipinski definition) is 2. The van der Waals surface area contributed by atoms with Crippen molar-refractivity contribution < 1.29 is 18.3 Å². The van der Waals surface area contributed by atoms with E-state index in [-0.39, 0.29) is 17.3 Å². The first kappa shape index (κ1) is 16.0. The summed E-state index contributed by atoms with van der Waals surface area (Å²) in [6.07, 6.45) is 0. The van der Waals surface area contributed by atoms with Gasteiger partial charge in [-0.2, -0.15) is 0 Å². The van der Waals surface area contributed by atoms with Gasteiger partial charge in [-0.3, -0.25) is 0 Å². The number of nitrogens with zero attached hydrogens (tertiary/aromatic N) is 2. The molecule has 0 aliphatic carbocycles. The number of methoxy groups -OCH3 is 1. The van der Waals surface area contributed by atoms with Crippen LogP contribution in [0.1, 0.15) is 5.56 Å². The standard InChI is InChI=1S/C16H15N3O4S/c1-23-12-7-8-14-13(9-12)15(16(20)17-14)18-19-24(21,22)10-11-5-3-2-4-6-11/h2-9,17,20H,10H2,1H3. The number of sulfonamides is 1. The molecule has 0 aliphatic rings. The highest BCUT2D eigenvalue weighted by molar-refractivity contribution is 7.89. The predicted octanol–water partition coefficient (Wildman–Crippen LogP) is 3.50. The number of aromatic amines is 1. The van der Waals surface area contributed by atoms with Crippen LogP contribution in [0.25, 0.3) is 10.9 Å². The molecule has 0 amide bonds. The minimum atomic E-state index is -3.81. The molecule has 8 heteroatoms. The lowest BCUT2D eigenvalue weighted by Gasteiger charge is -1.99. The lowest BCUT2D eigenvalue weighted by molar-refractivity contribution is 0.415. The van der Waals surface area contributed by atoms with Crippen LogP contribution in [0.4, 0.5) is 5.69 Å². The molecular formula is C16H15N3O4S. The first-order valence-corrected chi connectivity index (χ1v) is 8.68. The summed E-state index contributed by atoms with van der Waals surface area (Å²) in [5, 5.41) is 14.2. The van der Waals surface area contributed by atoms with Crippen LogP contribution in [0.5, 0.6) is 11.6 Å². The van der Waals surface area contributed by atoms with Crippen molar-refractivity contribution in [1.29, 1.82) is 0 Å². The molecule has 0 bridgehead atoms.